The summed E-state index contributed by atoms with van der Waals surface area (Å²) in [6.45, 7) is -1.49. The molecule has 2 N–H and O–H groups in total. The normalized spacial score (nSPS) is 27.3. The molecule has 1 aliphatic heterocycles. The van der Waals surface area contributed by atoms with Gasteiger partial charge >= 0.3 is 6.18 Å². The molecule has 0 saturated heterocycles. The maximum Gasteiger partial charge on any atom is 0.401 e. The molecule has 2 aromatic carbocycles. The molecule has 3 saturated carbocycles. The van der Waals surface area contributed by atoms with Crippen LogP contribution in [-0.4, -0.2) is 42.7 Å². The van der Waals surface area contributed by atoms with Crippen molar-refractivity contribution in [2.24, 2.45) is 5.41 Å². The van der Waals surface area contributed by atoms with Crippen molar-refractivity contribution in [3.8, 4) is 11.5 Å². The Morgan fingerprint density at radius 2 is 1.84 bits per heavy atom. The van der Waals surface area contributed by atoms with E-state index in [0.29, 0.717) is 35.6 Å². The van der Waals surface area contributed by atoms with Gasteiger partial charge in [-0.15, -0.1) is 0 Å². The second-order valence-electron chi connectivity index (χ2n) is 10.4. The zero-order valence-corrected chi connectivity index (χ0v) is 21.5. The SMILES string of the molecule is O=C(COc1ccc(Cl)c(F)c1)NC12CC(CC(=O)[C@@H]3C[C@H](NCC(F)(F)F)c4cc(Cl)ccc4O3)(C1)C2. The number of carbonyl (C=O) groups is 2. The molecule has 6 nitrogen and oxygen atoms in total. The van der Waals surface area contributed by atoms with E-state index in [2.05, 4.69) is 10.6 Å². The van der Waals surface area contributed by atoms with Crippen molar-refractivity contribution < 1.29 is 36.6 Å². The predicted octanol–water partition coefficient (Wildman–Crippen LogP) is 5.55. The van der Waals surface area contributed by atoms with Crippen molar-refractivity contribution in [2.75, 3.05) is 13.2 Å². The van der Waals surface area contributed by atoms with Gasteiger partial charge in [-0.2, -0.15) is 13.2 Å². The number of benzene rings is 2. The van der Waals surface area contributed by atoms with Gasteiger partial charge in [0.2, 0.25) is 0 Å². The fourth-order valence-electron chi connectivity index (χ4n) is 5.92. The van der Waals surface area contributed by atoms with Crippen LogP contribution in [0.1, 0.15) is 43.7 Å². The van der Waals surface area contributed by atoms with Gasteiger partial charge in [0, 0.05) is 41.1 Å². The van der Waals surface area contributed by atoms with Crippen LogP contribution >= 0.6 is 23.2 Å². The third kappa shape index (κ3) is 5.72. The van der Waals surface area contributed by atoms with Crippen molar-refractivity contribution in [3.05, 3.63) is 57.8 Å². The Bertz CT molecular complexity index is 1250. The number of hydrogen-bond acceptors (Lipinski definition) is 5. The minimum Gasteiger partial charge on any atom is -0.484 e. The number of ether oxygens (including phenoxy) is 2. The zero-order chi connectivity index (χ0) is 27.3. The first-order chi connectivity index (χ1) is 17.8. The van der Waals surface area contributed by atoms with E-state index in [0.717, 1.165) is 6.07 Å². The summed E-state index contributed by atoms with van der Waals surface area (Å²) < 4.78 is 63.3. The second-order valence-corrected chi connectivity index (χ2v) is 11.3. The predicted molar refractivity (Wildman–Crippen MR) is 131 cm³/mol. The summed E-state index contributed by atoms with van der Waals surface area (Å²) in [5.41, 5.74) is -0.177. The highest BCUT2D eigenvalue weighted by molar-refractivity contribution is 6.31. The molecule has 0 radical (unpaired) electrons. The maximum absolute atomic E-state index is 13.5. The van der Waals surface area contributed by atoms with Crippen molar-refractivity contribution in [2.45, 2.75) is 56.0 Å². The van der Waals surface area contributed by atoms with Crippen molar-refractivity contribution in [1.82, 2.24) is 10.6 Å². The smallest absolute Gasteiger partial charge is 0.401 e. The molecular formula is C26H24Cl2F4N2O4. The highest BCUT2D eigenvalue weighted by Gasteiger charge is 2.68. The number of alkyl halides is 3. The molecule has 204 valence electrons. The standard InChI is InChI=1S/C26H24Cl2F4N2O4/c27-14-1-4-21-16(5-14)19(33-13-26(30,31)32)7-22(38-21)20(35)8-24-10-25(11-24,12-24)34-23(36)9-37-15-2-3-17(28)18(29)6-15/h1-6,19,22,33H,7-13H2,(H,34,36)/t19-,22-,24?,25?/m0/s1. The number of ketones is 1. The molecule has 12 heteroatoms. The summed E-state index contributed by atoms with van der Waals surface area (Å²) in [6, 6.07) is 7.84. The van der Waals surface area contributed by atoms with Crippen LogP contribution in [-0.2, 0) is 9.59 Å². The number of amides is 1. The molecule has 0 unspecified atom stereocenters. The Labute approximate surface area is 225 Å². The summed E-state index contributed by atoms with van der Waals surface area (Å²) >= 11 is 11.7. The molecule has 0 spiro atoms. The summed E-state index contributed by atoms with van der Waals surface area (Å²) in [5, 5.41) is 5.74. The van der Waals surface area contributed by atoms with Crippen molar-refractivity contribution in [3.63, 3.8) is 0 Å². The van der Waals surface area contributed by atoms with Crippen LogP contribution in [0.25, 0.3) is 0 Å². The molecule has 3 aliphatic carbocycles. The molecular weight excluding hydrogens is 551 g/mol. The van der Waals surface area contributed by atoms with Gasteiger partial charge in [-0.1, -0.05) is 23.2 Å². The minimum absolute atomic E-state index is 0.0455. The van der Waals surface area contributed by atoms with E-state index in [-0.39, 0.29) is 47.3 Å². The lowest BCUT2D eigenvalue weighted by molar-refractivity contribution is -0.175. The first-order valence-electron chi connectivity index (χ1n) is 12.0. The number of carbonyl (C=O) groups excluding carboxylic acids is 2. The van der Waals surface area contributed by atoms with E-state index in [4.69, 9.17) is 32.7 Å². The topological polar surface area (TPSA) is 76.7 Å². The number of hydrogen-bond donors (Lipinski definition) is 2. The molecule has 1 amide bonds. The first-order valence-corrected chi connectivity index (χ1v) is 12.8. The van der Waals surface area contributed by atoms with E-state index in [1.165, 1.54) is 12.1 Å². The van der Waals surface area contributed by atoms with Crippen LogP contribution < -0.4 is 20.1 Å². The van der Waals surface area contributed by atoms with Gasteiger partial charge in [0.1, 0.15) is 17.3 Å². The fraction of sp³-hybridized carbons (Fsp3) is 0.462. The van der Waals surface area contributed by atoms with Gasteiger partial charge in [-0.25, -0.2) is 4.39 Å². The molecule has 0 aromatic heterocycles. The summed E-state index contributed by atoms with van der Waals surface area (Å²) in [6.07, 6.45) is -3.18. The molecule has 38 heavy (non-hydrogen) atoms. The maximum atomic E-state index is 13.5. The third-order valence-corrected chi connectivity index (χ3v) is 7.87. The Hall–Kier alpha value is -2.56. The van der Waals surface area contributed by atoms with E-state index in [1.54, 1.807) is 18.2 Å². The Kier molecular flexibility index (Phi) is 7.02. The summed E-state index contributed by atoms with van der Waals surface area (Å²) in [4.78, 5) is 25.5. The monoisotopic (exact) mass is 574 g/mol. The quantitative estimate of drug-likeness (QED) is 0.384. The zero-order valence-electron chi connectivity index (χ0n) is 20.0. The van der Waals surface area contributed by atoms with Crippen LogP contribution in [0, 0.1) is 11.2 Å². The van der Waals surface area contributed by atoms with Gasteiger partial charge in [0.25, 0.3) is 5.91 Å². The van der Waals surface area contributed by atoms with Gasteiger partial charge in [0.05, 0.1) is 11.6 Å². The Balaban J connectivity index is 1.13. The van der Waals surface area contributed by atoms with Crippen LogP contribution in [0.4, 0.5) is 17.6 Å². The Morgan fingerprint density at radius 3 is 2.53 bits per heavy atom. The van der Waals surface area contributed by atoms with Gasteiger partial charge in [-0.3, -0.25) is 9.59 Å². The number of rotatable bonds is 9. The van der Waals surface area contributed by atoms with Crippen LogP contribution in [0.3, 0.4) is 0 Å². The van der Waals surface area contributed by atoms with Crippen molar-refractivity contribution >= 4 is 34.9 Å². The highest BCUT2D eigenvalue weighted by atomic mass is 35.5. The summed E-state index contributed by atoms with van der Waals surface area (Å²) in [5.74, 6) is -0.671. The average Bonchev–Trinajstić information content (AvgIpc) is 2.80. The highest BCUT2D eigenvalue weighted by Crippen LogP contribution is 2.69. The lowest BCUT2D eigenvalue weighted by Gasteiger charge is -2.70. The summed E-state index contributed by atoms with van der Waals surface area (Å²) in [7, 11) is 0. The lowest BCUT2D eigenvalue weighted by Crippen LogP contribution is -2.75. The molecule has 6 rings (SSSR count). The van der Waals surface area contributed by atoms with E-state index in [9.17, 15) is 27.2 Å². The van der Waals surface area contributed by atoms with Crippen LogP contribution in [0.5, 0.6) is 11.5 Å². The Morgan fingerprint density at radius 1 is 1.11 bits per heavy atom. The van der Waals surface area contributed by atoms with Crippen LogP contribution in [0.2, 0.25) is 10.0 Å². The van der Waals surface area contributed by atoms with Crippen molar-refractivity contribution in [1.29, 1.82) is 0 Å². The number of fused-ring (bicyclic) bond motifs is 1. The van der Waals surface area contributed by atoms with E-state index in [1.807, 2.05) is 0 Å². The third-order valence-electron chi connectivity index (χ3n) is 7.33. The largest absolute Gasteiger partial charge is 0.484 e. The number of nitrogens with one attached hydrogen (secondary N) is 2. The molecule has 2 bridgehead atoms. The number of halogens is 6. The van der Waals surface area contributed by atoms with Crippen LogP contribution in [0.15, 0.2) is 36.4 Å². The van der Waals surface area contributed by atoms with Gasteiger partial charge in [0.15, 0.2) is 18.5 Å². The average molecular weight is 575 g/mol. The fourth-order valence-corrected chi connectivity index (χ4v) is 6.22. The van der Waals surface area contributed by atoms with E-state index >= 15 is 0 Å². The minimum atomic E-state index is -4.41. The molecule has 4 aliphatic rings. The lowest BCUT2D eigenvalue weighted by atomic mass is 9.38. The van der Waals surface area contributed by atoms with E-state index < -0.39 is 36.2 Å². The van der Waals surface area contributed by atoms with Gasteiger partial charge in [-0.05, 0) is 55.0 Å². The molecule has 1 heterocycles. The molecule has 3 fully saturated rings. The van der Waals surface area contributed by atoms with Gasteiger partial charge < -0.3 is 20.1 Å². The number of Topliss-reactive ketones (excluding diaryl/α,β-unsaturated/α-hetero) is 1. The molecule has 2 atom stereocenters. The second kappa shape index (κ2) is 9.88. The first kappa shape index (κ1) is 27.0. The molecule has 2 aromatic rings.